The molecule has 9 aromatic rings. The molecule has 3 aromatic heterocycles. The number of fused-ring (bicyclic) bond motifs is 12. The van der Waals surface area contributed by atoms with Gasteiger partial charge in [-0.2, -0.15) is 0 Å². The van der Waals surface area contributed by atoms with Crippen LogP contribution in [0, 0.1) is 0 Å². The number of rotatable bonds is 2. The number of hydrogen-bond acceptors (Lipinski definition) is 3. The van der Waals surface area contributed by atoms with Crippen LogP contribution in [0.1, 0.15) is 132 Å². The van der Waals surface area contributed by atoms with Crippen LogP contribution in [0.3, 0.4) is 0 Å². The molecular weight excluding hydrogens is 806 g/mol. The van der Waals surface area contributed by atoms with Gasteiger partial charge in [-0.05, 0) is 131 Å². The summed E-state index contributed by atoms with van der Waals surface area (Å²) in [7, 11) is 0. The monoisotopic (exact) mass is 869 g/mol. The van der Waals surface area contributed by atoms with Gasteiger partial charge in [-0.1, -0.05) is 158 Å². The second-order valence-electron chi connectivity index (χ2n) is 24.4. The Bertz CT molecular complexity index is 3360. The first-order chi connectivity index (χ1) is 30.4. The highest BCUT2D eigenvalue weighted by Crippen LogP contribution is 2.56. The topological polar surface area (TPSA) is 10.9 Å². The Kier molecular flexibility index (Phi) is 8.78. The Morgan fingerprint density at radius 1 is 0.415 bits per heavy atom. The van der Waals surface area contributed by atoms with E-state index >= 15 is 0 Å². The predicted octanol–water partition coefficient (Wildman–Crippen LogP) is 15.5. The van der Waals surface area contributed by atoms with Crippen LogP contribution in [0.15, 0.2) is 115 Å². The number of benzene rings is 6. The average Bonchev–Trinajstić information content (AvgIpc) is 3.92. The minimum Gasteiger partial charge on any atom is -0.311 e. The van der Waals surface area contributed by atoms with Gasteiger partial charge < -0.3 is 14.2 Å². The number of nitrogens with zero attached hydrogens (tertiary/aromatic N) is 3. The van der Waals surface area contributed by atoms with Crippen molar-refractivity contribution in [2.24, 2.45) is 0 Å². The standard InChI is InChI=1S/C60H64BN3S/c1-56(2,3)35-16-23-40(24-17-35)62-46-28-21-38(59(10,11)12)33-43(46)61-44-34-39(60(13,14)15)22-29-47(44)63(41-25-18-36(19-26-41)57(4,5)6)54-50-52-49(53(62)51(54)61)42-32-37(58(7,8)9)20-27-45(42)64(52)48-30-31-65-55(48)50/h16-34H,1-15H3. The van der Waals surface area contributed by atoms with Crippen molar-refractivity contribution in [2.75, 3.05) is 9.80 Å². The number of thiophene rings is 1. The van der Waals surface area contributed by atoms with Gasteiger partial charge in [0.1, 0.15) is 0 Å². The molecule has 0 N–H and O–H groups in total. The van der Waals surface area contributed by atoms with Crippen LogP contribution >= 0.6 is 11.3 Å². The molecule has 0 spiro atoms. The van der Waals surface area contributed by atoms with Crippen LogP contribution in [0.25, 0.3) is 37.4 Å². The van der Waals surface area contributed by atoms with Crippen LogP contribution in [-0.4, -0.2) is 11.1 Å². The van der Waals surface area contributed by atoms with Crippen LogP contribution < -0.4 is 26.2 Å². The Morgan fingerprint density at radius 2 is 0.831 bits per heavy atom. The van der Waals surface area contributed by atoms with Crippen molar-refractivity contribution in [3.8, 4) is 0 Å². The normalized spacial score (nSPS) is 14.6. The van der Waals surface area contributed by atoms with Crippen LogP contribution in [-0.2, 0) is 27.1 Å². The van der Waals surface area contributed by atoms with E-state index in [1.165, 1.54) is 116 Å². The molecular formula is C60H64BN3S. The van der Waals surface area contributed by atoms with E-state index in [-0.39, 0.29) is 33.8 Å². The van der Waals surface area contributed by atoms with Crippen LogP contribution in [0.2, 0.25) is 0 Å². The lowest BCUT2D eigenvalue weighted by Gasteiger charge is -2.45. The fraction of sp³-hybridized carbons (Fsp3) is 0.333. The molecule has 11 rings (SSSR count). The summed E-state index contributed by atoms with van der Waals surface area (Å²) in [6.45, 7) is 35.1. The minimum atomic E-state index is -0.0381. The maximum atomic E-state index is 2.67. The summed E-state index contributed by atoms with van der Waals surface area (Å²) < 4.78 is 3.96. The lowest BCUT2D eigenvalue weighted by atomic mass is 9.33. The van der Waals surface area contributed by atoms with Gasteiger partial charge >= 0.3 is 0 Å². The molecule has 0 atom stereocenters. The highest BCUT2D eigenvalue weighted by atomic mass is 32.1. The Morgan fingerprint density at radius 3 is 1.29 bits per heavy atom. The van der Waals surface area contributed by atoms with Crippen LogP contribution in [0.5, 0.6) is 0 Å². The van der Waals surface area contributed by atoms with Gasteiger partial charge in [0.15, 0.2) is 0 Å². The molecule has 0 fully saturated rings. The molecule has 0 unspecified atom stereocenters. The second-order valence-corrected chi connectivity index (χ2v) is 25.3. The van der Waals surface area contributed by atoms with Crippen LogP contribution in [0.4, 0.5) is 34.1 Å². The molecule has 0 saturated carbocycles. The Labute approximate surface area is 391 Å². The van der Waals surface area contributed by atoms with Gasteiger partial charge in [0.2, 0.25) is 0 Å². The van der Waals surface area contributed by atoms with E-state index in [0.717, 1.165) is 0 Å². The quantitative estimate of drug-likeness (QED) is 0.160. The third-order valence-electron chi connectivity index (χ3n) is 14.8. The van der Waals surface area contributed by atoms with Crippen molar-refractivity contribution in [3.05, 3.63) is 142 Å². The summed E-state index contributed by atoms with van der Waals surface area (Å²) in [5.41, 5.74) is 22.2. The van der Waals surface area contributed by atoms with Gasteiger partial charge in [-0.15, -0.1) is 11.3 Å². The van der Waals surface area contributed by atoms with Crippen molar-refractivity contribution < 1.29 is 0 Å². The van der Waals surface area contributed by atoms with Crippen molar-refractivity contribution >= 4 is 106 Å². The first-order valence-corrected chi connectivity index (χ1v) is 24.7. The SMILES string of the molecule is CC(C)(C)c1ccc(N2c3ccc(C(C)(C)C)cc3B3c4cc(C(C)(C)C)ccc4N(c4ccc(C(C)(C)C)cc4)c4c3c2c2c3cc(C(C)(C)C)ccc3n3c5ccsc5c4c23)cc1. The van der Waals surface area contributed by atoms with E-state index in [1.54, 1.807) is 0 Å². The molecule has 0 saturated heterocycles. The van der Waals surface area contributed by atoms with E-state index in [0.29, 0.717) is 0 Å². The van der Waals surface area contributed by atoms with Gasteiger partial charge in [0.25, 0.3) is 6.71 Å². The number of hydrogen-bond donors (Lipinski definition) is 0. The average molecular weight is 870 g/mol. The smallest absolute Gasteiger partial charge is 0.252 e. The molecule has 5 heterocycles. The van der Waals surface area contributed by atoms with Crippen molar-refractivity contribution in [3.63, 3.8) is 0 Å². The molecule has 3 nitrogen and oxygen atoms in total. The molecule has 0 aliphatic carbocycles. The van der Waals surface area contributed by atoms with Gasteiger partial charge in [-0.25, -0.2) is 0 Å². The highest BCUT2D eigenvalue weighted by molar-refractivity contribution is 7.18. The summed E-state index contributed by atoms with van der Waals surface area (Å²) in [4.78, 5) is 5.33. The second kappa shape index (κ2) is 13.5. The van der Waals surface area contributed by atoms with E-state index in [9.17, 15) is 0 Å². The predicted molar refractivity (Wildman–Crippen MR) is 286 cm³/mol. The lowest BCUT2D eigenvalue weighted by Crippen LogP contribution is -2.61. The first kappa shape index (κ1) is 42.1. The maximum Gasteiger partial charge on any atom is 0.252 e. The molecule has 2 aliphatic rings. The third kappa shape index (κ3) is 6.20. The molecule has 328 valence electrons. The fourth-order valence-electron chi connectivity index (χ4n) is 11.0. The molecule has 0 bridgehead atoms. The summed E-state index contributed by atoms with van der Waals surface area (Å²) in [6.07, 6.45) is 0. The maximum absolute atomic E-state index is 2.67. The molecule has 0 radical (unpaired) electrons. The van der Waals surface area contributed by atoms with Crippen molar-refractivity contribution in [2.45, 2.75) is 131 Å². The van der Waals surface area contributed by atoms with Crippen molar-refractivity contribution in [1.29, 1.82) is 0 Å². The van der Waals surface area contributed by atoms with E-state index in [1.807, 2.05) is 11.3 Å². The Hall–Kier alpha value is -5.52. The summed E-state index contributed by atoms with van der Waals surface area (Å²) in [6, 6.07) is 43.6. The number of anilines is 6. The molecule has 6 aromatic carbocycles. The molecule has 0 amide bonds. The van der Waals surface area contributed by atoms with Gasteiger partial charge in [0.05, 0.1) is 32.6 Å². The van der Waals surface area contributed by atoms with Crippen molar-refractivity contribution in [1.82, 2.24) is 4.40 Å². The highest BCUT2D eigenvalue weighted by Gasteiger charge is 2.47. The summed E-state index contributed by atoms with van der Waals surface area (Å²) in [5, 5.41) is 6.33. The Balaban J connectivity index is 1.39. The third-order valence-corrected chi connectivity index (χ3v) is 15.7. The molecule has 5 heteroatoms. The van der Waals surface area contributed by atoms with E-state index in [4.69, 9.17) is 0 Å². The van der Waals surface area contributed by atoms with Gasteiger partial charge in [0, 0.05) is 38.9 Å². The zero-order valence-corrected chi connectivity index (χ0v) is 42.1. The fourth-order valence-corrected chi connectivity index (χ4v) is 11.9. The minimum absolute atomic E-state index is 0.0151. The summed E-state index contributed by atoms with van der Waals surface area (Å²) in [5.74, 6) is 0. The molecule has 65 heavy (non-hydrogen) atoms. The summed E-state index contributed by atoms with van der Waals surface area (Å²) >= 11 is 1.89. The van der Waals surface area contributed by atoms with E-state index in [2.05, 4.69) is 233 Å². The van der Waals surface area contributed by atoms with Gasteiger partial charge in [-0.3, -0.25) is 0 Å². The van der Waals surface area contributed by atoms with E-state index < -0.39 is 0 Å². The lowest BCUT2D eigenvalue weighted by molar-refractivity contribution is 0.590. The zero-order chi connectivity index (χ0) is 46.1. The largest absolute Gasteiger partial charge is 0.311 e. The number of aromatic nitrogens is 1. The molecule has 2 aliphatic heterocycles. The first-order valence-electron chi connectivity index (χ1n) is 23.8. The zero-order valence-electron chi connectivity index (χ0n) is 41.3.